The zero-order valence-corrected chi connectivity index (χ0v) is 17.0. The molecule has 25 heavy (non-hydrogen) atoms. The van der Waals surface area contributed by atoms with E-state index in [1.165, 1.54) is 32.8 Å². The van der Waals surface area contributed by atoms with Crippen molar-refractivity contribution in [1.29, 1.82) is 0 Å². The third-order valence-corrected chi connectivity index (χ3v) is 6.00. The predicted molar refractivity (Wildman–Crippen MR) is 102 cm³/mol. The molecule has 1 unspecified atom stereocenters. The highest BCUT2D eigenvalue weighted by atomic mass is 32.2. The van der Waals surface area contributed by atoms with Gasteiger partial charge < -0.3 is 4.74 Å². The Morgan fingerprint density at radius 3 is 1.72 bits per heavy atom. The number of ether oxygens (including phenoxy) is 1. The summed E-state index contributed by atoms with van der Waals surface area (Å²) in [6.45, 7) is 2.19. The standard InChI is InChI=1S/C19H38O5S/c1-3-4-5-6-7-9-12-15-18(25(21,22)23)16-13-10-8-11-14-17-19(20)24-2/h18H,3-17H2,1-2H3,(H,21,22,23). The molecule has 0 amide bonds. The first kappa shape index (κ1) is 24.4. The summed E-state index contributed by atoms with van der Waals surface area (Å²) in [5.74, 6) is -0.180. The molecule has 0 fully saturated rings. The first-order valence-corrected chi connectivity index (χ1v) is 11.4. The zero-order chi connectivity index (χ0) is 19.0. The fraction of sp³-hybridized carbons (Fsp3) is 0.947. The molecule has 0 aliphatic carbocycles. The molecule has 0 saturated carbocycles. The lowest BCUT2D eigenvalue weighted by Gasteiger charge is -2.13. The van der Waals surface area contributed by atoms with E-state index in [0.29, 0.717) is 19.3 Å². The fourth-order valence-corrected chi connectivity index (χ4v) is 3.97. The summed E-state index contributed by atoms with van der Waals surface area (Å²) in [5, 5.41) is -0.613. The van der Waals surface area contributed by atoms with Gasteiger partial charge in [-0.1, -0.05) is 77.6 Å². The van der Waals surface area contributed by atoms with Crippen LogP contribution in [0.15, 0.2) is 0 Å². The second kappa shape index (κ2) is 15.6. The summed E-state index contributed by atoms with van der Waals surface area (Å²) in [6, 6.07) is 0. The van der Waals surface area contributed by atoms with Crippen molar-refractivity contribution in [2.24, 2.45) is 0 Å². The maximum atomic E-state index is 11.5. The van der Waals surface area contributed by atoms with Crippen molar-refractivity contribution in [3.05, 3.63) is 0 Å². The van der Waals surface area contributed by atoms with E-state index < -0.39 is 15.4 Å². The largest absolute Gasteiger partial charge is 0.469 e. The van der Waals surface area contributed by atoms with E-state index in [-0.39, 0.29) is 5.97 Å². The molecule has 0 aromatic heterocycles. The van der Waals surface area contributed by atoms with Gasteiger partial charge in [0.1, 0.15) is 0 Å². The van der Waals surface area contributed by atoms with Gasteiger partial charge >= 0.3 is 5.97 Å². The Morgan fingerprint density at radius 1 is 0.840 bits per heavy atom. The van der Waals surface area contributed by atoms with Gasteiger partial charge in [0.25, 0.3) is 10.1 Å². The third kappa shape index (κ3) is 15.4. The van der Waals surface area contributed by atoms with Gasteiger partial charge in [-0.25, -0.2) is 0 Å². The van der Waals surface area contributed by atoms with Crippen molar-refractivity contribution in [1.82, 2.24) is 0 Å². The van der Waals surface area contributed by atoms with Crippen LogP contribution in [0.4, 0.5) is 0 Å². The van der Waals surface area contributed by atoms with Gasteiger partial charge in [-0.2, -0.15) is 8.42 Å². The highest BCUT2D eigenvalue weighted by Crippen LogP contribution is 2.19. The van der Waals surface area contributed by atoms with Crippen molar-refractivity contribution in [3.8, 4) is 0 Å². The van der Waals surface area contributed by atoms with Gasteiger partial charge in [-0.3, -0.25) is 9.35 Å². The number of methoxy groups -OCH3 is 1. The van der Waals surface area contributed by atoms with Crippen molar-refractivity contribution in [3.63, 3.8) is 0 Å². The highest BCUT2D eigenvalue weighted by Gasteiger charge is 2.21. The van der Waals surface area contributed by atoms with E-state index in [0.717, 1.165) is 51.4 Å². The van der Waals surface area contributed by atoms with Crippen LogP contribution in [0.25, 0.3) is 0 Å². The summed E-state index contributed by atoms with van der Waals surface area (Å²) in [4.78, 5) is 11.0. The summed E-state index contributed by atoms with van der Waals surface area (Å²) >= 11 is 0. The molecule has 1 atom stereocenters. The number of rotatable bonds is 17. The van der Waals surface area contributed by atoms with E-state index >= 15 is 0 Å². The monoisotopic (exact) mass is 378 g/mol. The van der Waals surface area contributed by atoms with Crippen LogP contribution in [-0.4, -0.2) is 31.3 Å². The molecule has 0 bridgehead atoms. The first-order valence-electron chi connectivity index (χ1n) is 9.95. The molecule has 0 aliphatic rings. The molecule has 150 valence electrons. The van der Waals surface area contributed by atoms with Crippen LogP contribution >= 0.6 is 0 Å². The van der Waals surface area contributed by atoms with Gasteiger partial charge in [0, 0.05) is 6.42 Å². The second-order valence-corrected chi connectivity index (χ2v) is 8.63. The Labute approximate surface area is 154 Å². The number of carbonyl (C=O) groups is 1. The normalized spacial score (nSPS) is 12.9. The minimum absolute atomic E-state index is 0.180. The van der Waals surface area contributed by atoms with E-state index in [9.17, 15) is 17.8 Å². The minimum atomic E-state index is -3.94. The smallest absolute Gasteiger partial charge is 0.305 e. The van der Waals surface area contributed by atoms with Crippen LogP contribution < -0.4 is 0 Å². The summed E-state index contributed by atoms with van der Waals surface area (Å²) in [7, 11) is -2.55. The molecule has 1 N–H and O–H groups in total. The number of esters is 1. The Morgan fingerprint density at radius 2 is 1.28 bits per heavy atom. The van der Waals surface area contributed by atoms with Crippen molar-refractivity contribution < 1.29 is 22.5 Å². The minimum Gasteiger partial charge on any atom is -0.469 e. The average Bonchev–Trinajstić information content (AvgIpc) is 2.56. The van der Waals surface area contributed by atoms with Crippen LogP contribution in [0.5, 0.6) is 0 Å². The van der Waals surface area contributed by atoms with E-state index in [1.807, 2.05) is 0 Å². The third-order valence-electron chi connectivity index (χ3n) is 4.69. The Hall–Kier alpha value is -0.620. The molecule has 0 aromatic carbocycles. The van der Waals surface area contributed by atoms with Gasteiger partial charge in [0.15, 0.2) is 0 Å². The van der Waals surface area contributed by atoms with Crippen LogP contribution in [0, 0.1) is 0 Å². The fourth-order valence-electron chi connectivity index (χ4n) is 3.05. The molecule has 0 radical (unpaired) electrons. The zero-order valence-electron chi connectivity index (χ0n) is 16.2. The quantitative estimate of drug-likeness (QED) is 0.211. The molecule has 0 aromatic rings. The Balaban J connectivity index is 3.78. The van der Waals surface area contributed by atoms with Crippen LogP contribution in [0.2, 0.25) is 0 Å². The van der Waals surface area contributed by atoms with Crippen molar-refractivity contribution >= 4 is 16.1 Å². The van der Waals surface area contributed by atoms with E-state index in [2.05, 4.69) is 11.7 Å². The van der Waals surface area contributed by atoms with Crippen molar-refractivity contribution in [2.45, 2.75) is 108 Å². The SMILES string of the molecule is CCCCCCCCCC(CCCCCCCC(=O)OC)S(=O)(=O)O. The molecule has 0 spiro atoms. The van der Waals surface area contributed by atoms with Gasteiger partial charge in [0.05, 0.1) is 12.4 Å². The number of hydrogen-bond donors (Lipinski definition) is 1. The molecule has 0 rings (SSSR count). The molecule has 0 saturated heterocycles. The topological polar surface area (TPSA) is 80.7 Å². The second-order valence-electron chi connectivity index (χ2n) is 6.93. The number of hydrogen-bond acceptors (Lipinski definition) is 4. The van der Waals surface area contributed by atoms with Gasteiger partial charge in [-0.15, -0.1) is 0 Å². The number of unbranched alkanes of at least 4 members (excludes halogenated alkanes) is 10. The maximum absolute atomic E-state index is 11.5. The lowest BCUT2D eigenvalue weighted by atomic mass is 10.0. The molecule has 0 aliphatic heterocycles. The first-order chi connectivity index (χ1) is 11.9. The molecule has 5 nitrogen and oxygen atoms in total. The van der Waals surface area contributed by atoms with Crippen LogP contribution in [-0.2, 0) is 19.6 Å². The molecule has 6 heteroatoms. The van der Waals surface area contributed by atoms with E-state index in [1.54, 1.807) is 0 Å². The maximum Gasteiger partial charge on any atom is 0.305 e. The predicted octanol–water partition coefficient (Wildman–Crippen LogP) is 5.29. The molecular formula is C19H38O5S. The summed E-state index contributed by atoms with van der Waals surface area (Å²) < 4.78 is 37.0. The lowest BCUT2D eigenvalue weighted by Crippen LogP contribution is -2.20. The molecule has 0 heterocycles. The Bertz CT molecular complexity index is 420. The number of carbonyl (C=O) groups excluding carboxylic acids is 1. The van der Waals surface area contributed by atoms with E-state index in [4.69, 9.17) is 0 Å². The Kier molecular flexibility index (Phi) is 15.2. The highest BCUT2D eigenvalue weighted by molar-refractivity contribution is 7.86. The van der Waals surface area contributed by atoms with Crippen LogP contribution in [0.3, 0.4) is 0 Å². The average molecular weight is 379 g/mol. The van der Waals surface area contributed by atoms with Crippen molar-refractivity contribution in [2.75, 3.05) is 7.11 Å². The molecular weight excluding hydrogens is 340 g/mol. The summed E-state index contributed by atoms with van der Waals surface area (Å²) in [5.41, 5.74) is 0. The summed E-state index contributed by atoms with van der Waals surface area (Å²) in [6.07, 6.45) is 14.1. The lowest BCUT2D eigenvalue weighted by molar-refractivity contribution is -0.140. The van der Waals surface area contributed by atoms with Gasteiger partial charge in [0.2, 0.25) is 0 Å². The van der Waals surface area contributed by atoms with Gasteiger partial charge in [-0.05, 0) is 19.3 Å². The van der Waals surface area contributed by atoms with Crippen LogP contribution in [0.1, 0.15) is 103 Å².